The second kappa shape index (κ2) is 5.68. The van der Waals surface area contributed by atoms with E-state index in [2.05, 4.69) is 26.4 Å². The van der Waals surface area contributed by atoms with Gasteiger partial charge in [0.1, 0.15) is 5.75 Å². The average Bonchev–Trinajstić information content (AvgIpc) is 2.89. The van der Waals surface area contributed by atoms with Gasteiger partial charge in [0.2, 0.25) is 0 Å². The highest BCUT2D eigenvalue weighted by Crippen LogP contribution is 2.22. The summed E-state index contributed by atoms with van der Waals surface area (Å²) in [4.78, 5) is 12.0. The van der Waals surface area contributed by atoms with Crippen molar-refractivity contribution in [3.05, 3.63) is 46.3 Å². The molecule has 0 spiro atoms. The van der Waals surface area contributed by atoms with E-state index in [-0.39, 0.29) is 5.91 Å². The number of hydrogen-bond acceptors (Lipinski definition) is 4. The smallest absolute Gasteiger partial charge is 0.252 e. The van der Waals surface area contributed by atoms with Crippen molar-refractivity contribution in [2.45, 2.75) is 6.54 Å². The standard InChI is InChI=1S/C12H11BrN2O3/c1-17-8-2-3-11(13)10(6-8)12(16)14-7-9-4-5-15-18-9/h2-6H,7H2,1H3,(H,14,16). The zero-order valence-corrected chi connectivity index (χ0v) is 11.2. The lowest BCUT2D eigenvalue weighted by molar-refractivity contribution is 0.0946. The summed E-state index contributed by atoms with van der Waals surface area (Å²) >= 11 is 3.33. The third kappa shape index (κ3) is 2.89. The molecule has 1 N–H and O–H groups in total. The van der Waals surface area contributed by atoms with Crippen LogP contribution in [0.15, 0.2) is 39.5 Å². The molecule has 0 aliphatic rings. The van der Waals surface area contributed by atoms with Gasteiger partial charge in [-0.05, 0) is 34.1 Å². The number of benzene rings is 1. The van der Waals surface area contributed by atoms with Crippen LogP contribution in [0.5, 0.6) is 5.75 Å². The molecule has 0 radical (unpaired) electrons. The average molecular weight is 311 g/mol. The van der Waals surface area contributed by atoms with Gasteiger partial charge in [0, 0.05) is 10.5 Å². The van der Waals surface area contributed by atoms with Gasteiger partial charge in [-0.15, -0.1) is 0 Å². The molecule has 1 aromatic carbocycles. The largest absolute Gasteiger partial charge is 0.497 e. The van der Waals surface area contributed by atoms with Crippen LogP contribution in [0.1, 0.15) is 16.1 Å². The Morgan fingerprint density at radius 1 is 1.50 bits per heavy atom. The molecule has 18 heavy (non-hydrogen) atoms. The fraction of sp³-hybridized carbons (Fsp3) is 0.167. The number of methoxy groups -OCH3 is 1. The SMILES string of the molecule is COc1ccc(Br)c(C(=O)NCc2ccno2)c1. The maximum atomic E-state index is 12.0. The predicted molar refractivity (Wildman–Crippen MR) is 68.4 cm³/mol. The number of hydrogen-bond donors (Lipinski definition) is 1. The highest BCUT2D eigenvalue weighted by Gasteiger charge is 2.11. The Kier molecular flexibility index (Phi) is 3.99. The van der Waals surface area contributed by atoms with Crippen molar-refractivity contribution >= 4 is 21.8 Å². The van der Waals surface area contributed by atoms with Gasteiger partial charge in [0.15, 0.2) is 5.76 Å². The Morgan fingerprint density at radius 2 is 2.33 bits per heavy atom. The van der Waals surface area contributed by atoms with Gasteiger partial charge < -0.3 is 14.6 Å². The molecule has 0 atom stereocenters. The van der Waals surface area contributed by atoms with Crippen LogP contribution >= 0.6 is 15.9 Å². The molecule has 0 fully saturated rings. The topological polar surface area (TPSA) is 64.4 Å². The van der Waals surface area contributed by atoms with E-state index >= 15 is 0 Å². The van der Waals surface area contributed by atoms with E-state index in [1.54, 1.807) is 31.4 Å². The minimum absolute atomic E-state index is 0.211. The Bertz CT molecular complexity index is 540. The van der Waals surface area contributed by atoms with Crippen LogP contribution in [-0.2, 0) is 6.54 Å². The number of halogens is 1. The van der Waals surface area contributed by atoms with Crippen LogP contribution in [0.2, 0.25) is 0 Å². The molecule has 1 amide bonds. The van der Waals surface area contributed by atoms with E-state index in [1.165, 1.54) is 6.20 Å². The zero-order valence-electron chi connectivity index (χ0n) is 9.64. The molecule has 94 valence electrons. The van der Waals surface area contributed by atoms with Gasteiger partial charge in [-0.25, -0.2) is 0 Å². The molecular weight excluding hydrogens is 300 g/mol. The Labute approximate surface area is 112 Å². The Balaban J connectivity index is 2.08. The van der Waals surface area contributed by atoms with Gasteiger partial charge in [-0.2, -0.15) is 0 Å². The molecular formula is C12H11BrN2O3. The number of rotatable bonds is 4. The maximum absolute atomic E-state index is 12.0. The van der Waals surface area contributed by atoms with Crippen LogP contribution in [0.3, 0.4) is 0 Å². The van der Waals surface area contributed by atoms with Crippen molar-refractivity contribution in [2.75, 3.05) is 7.11 Å². The number of aromatic nitrogens is 1. The second-order valence-electron chi connectivity index (χ2n) is 3.51. The normalized spacial score (nSPS) is 10.1. The number of nitrogens with zero attached hydrogens (tertiary/aromatic N) is 1. The lowest BCUT2D eigenvalue weighted by atomic mass is 10.2. The highest BCUT2D eigenvalue weighted by molar-refractivity contribution is 9.10. The van der Waals surface area contributed by atoms with Gasteiger partial charge in [-0.1, -0.05) is 5.16 Å². The van der Waals surface area contributed by atoms with Gasteiger partial charge in [-0.3, -0.25) is 4.79 Å². The molecule has 6 heteroatoms. The zero-order chi connectivity index (χ0) is 13.0. The maximum Gasteiger partial charge on any atom is 0.252 e. The quantitative estimate of drug-likeness (QED) is 0.941. The second-order valence-corrected chi connectivity index (χ2v) is 4.36. The fourth-order valence-corrected chi connectivity index (χ4v) is 1.83. The molecule has 0 bridgehead atoms. The first-order valence-electron chi connectivity index (χ1n) is 5.22. The minimum Gasteiger partial charge on any atom is -0.497 e. The third-order valence-electron chi connectivity index (χ3n) is 2.33. The lowest BCUT2D eigenvalue weighted by Crippen LogP contribution is -2.23. The predicted octanol–water partition coefficient (Wildman–Crippen LogP) is 2.38. The lowest BCUT2D eigenvalue weighted by Gasteiger charge is -2.07. The minimum atomic E-state index is -0.211. The van der Waals surface area contributed by atoms with Crippen molar-refractivity contribution in [3.8, 4) is 5.75 Å². The molecule has 0 aliphatic carbocycles. The summed E-state index contributed by atoms with van der Waals surface area (Å²) in [5, 5.41) is 6.30. The summed E-state index contributed by atoms with van der Waals surface area (Å²) in [5.74, 6) is 1.02. The summed E-state index contributed by atoms with van der Waals surface area (Å²) in [6.45, 7) is 0.294. The van der Waals surface area contributed by atoms with Gasteiger partial charge >= 0.3 is 0 Å². The number of nitrogens with one attached hydrogen (secondary N) is 1. The molecule has 5 nitrogen and oxygen atoms in total. The summed E-state index contributed by atoms with van der Waals surface area (Å²) in [7, 11) is 1.56. The molecule has 1 heterocycles. The van der Waals surface area contributed by atoms with Crippen molar-refractivity contribution < 1.29 is 14.1 Å². The monoisotopic (exact) mass is 310 g/mol. The van der Waals surface area contributed by atoms with E-state index in [0.717, 1.165) is 0 Å². The summed E-state index contributed by atoms with van der Waals surface area (Å²) < 4.78 is 10.7. The molecule has 1 aromatic heterocycles. The van der Waals surface area contributed by atoms with Crippen molar-refractivity contribution in [1.29, 1.82) is 0 Å². The van der Waals surface area contributed by atoms with E-state index in [4.69, 9.17) is 9.26 Å². The van der Waals surface area contributed by atoms with Crippen LogP contribution in [0.4, 0.5) is 0 Å². The first kappa shape index (κ1) is 12.6. The number of amides is 1. The van der Waals surface area contributed by atoms with Gasteiger partial charge in [0.25, 0.3) is 5.91 Å². The van der Waals surface area contributed by atoms with E-state index in [9.17, 15) is 4.79 Å². The van der Waals surface area contributed by atoms with Crippen LogP contribution < -0.4 is 10.1 Å². The molecule has 0 saturated heterocycles. The summed E-state index contributed by atoms with van der Waals surface area (Å²) in [6.07, 6.45) is 1.53. The molecule has 2 rings (SSSR count). The van der Waals surface area contributed by atoms with E-state index < -0.39 is 0 Å². The summed E-state index contributed by atoms with van der Waals surface area (Å²) in [5.41, 5.74) is 0.508. The first-order valence-corrected chi connectivity index (χ1v) is 6.01. The molecule has 2 aromatic rings. The molecule has 0 saturated carbocycles. The number of ether oxygens (including phenoxy) is 1. The van der Waals surface area contributed by atoms with Crippen molar-refractivity contribution in [2.24, 2.45) is 0 Å². The summed E-state index contributed by atoms with van der Waals surface area (Å²) in [6, 6.07) is 6.90. The van der Waals surface area contributed by atoms with Crippen LogP contribution in [0.25, 0.3) is 0 Å². The molecule has 0 unspecified atom stereocenters. The number of carbonyl (C=O) groups is 1. The molecule has 0 aliphatic heterocycles. The fourth-order valence-electron chi connectivity index (χ4n) is 1.40. The Hall–Kier alpha value is -1.82. The van der Waals surface area contributed by atoms with Crippen LogP contribution in [-0.4, -0.2) is 18.2 Å². The highest BCUT2D eigenvalue weighted by atomic mass is 79.9. The van der Waals surface area contributed by atoms with Crippen LogP contribution in [0, 0.1) is 0 Å². The number of carbonyl (C=O) groups excluding carboxylic acids is 1. The van der Waals surface area contributed by atoms with Crippen molar-refractivity contribution in [1.82, 2.24) is 10.5 Å². The van der Waals surface area contributed by atoms with E-state index in [0.29, 0.717) is 28.1 Å². The van der Waals surface area contributed by atoms with E-state index in [1.807, 2.05) is 0 Å². The van der Waals surface area contributed by atoms with Gasteiger partial charge in [0.05, 0.1) is 25.4 Å². The third-order valence-corrected chi connectivity index (χ3v) is 3.02. The first-order chi connectivity index (χ1) is 8.70. The Morgan fingerprint density at radius 3 is 3.00 bits per heavy atom. The van der Waals surface area contributed by atoms with Crippen molar-refractivity contribution in [3.63, 3.8) is 0 Å².